The molecule has 2 aliphatic rings. The van der Waals surface area contributed by atoms with Gasteiger partial charge in [-0.2, -0.15) is 0 Å². The first-order valence-corrected chi connectivity index (χ1v) is 10.6. The first kappa shape index (κ1) is 18.1. The highest BCUT2D eigenvalue weighted by Crippen LogP contribution is 2.17. The zero-order valence-corrected chi connectivity index (χ0v) is 15.5. The van der Waals surface area contributed by atoms with Crippen LogP contribution in [-0.2, 0) is 14.6 Å². The molecule has 8 heteroatoms. The SMILES string of the molecule is CN(CCC(=O)N1CCN(c2cccnc2)CC1)[C@@H]1CCS(=O)(=O)C1. The Balaban J connectivity index is 1.42. The van der Waals surface area contributed by atoms with E-state index in [-0.39, 0.29) is 23.5 Å². The lowest BCUT2D eigenvalue weighted by Crippen LogP contribution is -2.49. The van der Waals surface area contributed by atoms with Crippen LogP contribution in [0.15, 0.2) is 24.5 Å². The predicted molar refractivity (Wildman–Crippen MR) is 97.3 cm³/mol. The van der Waals surface area contributed by atoms with Crippen LogP contribution in [0, 0.1) is 0 Å². The molecule has 0 unspecified atom stereocenters. The quantitative estimate of drug-likeness (QED) is 0.743. The molecule has 0 aromatic carbocycles. The summed E-state index contributed by atoms with van der Waals surface area (Å²) in [5.74, 6) is 0.645. The van der Waals surface area contributed by atoms with Gasteiger partial charge >= 0.3 is 0 Å². The van der Waals surface area contributed by atoms with Crippen LogP contribution in [0.25, 0.3) is 0 Å². The van der Waals surface area contributed by atoms with Crippen LogP contribution in [0.2, 0.25) is 0 Å². The molecule has 1 aromatic rings. The average Bonchev–Trinajstić information content (AvgIpc) is 3.00. The number of carbonyl (C=O) groups is 1. The van der Waals surface area contributed by atoms with Crippen molar-refractivity contribution in [1.29, 1.82) is 0 Å². The van der Waals surface area contributed by atoms with Crippen molar-refractivity contribution in [1.82, 2.24) is 14.8 Å². The van der Waals surface area contributed by atoms with E-state index >= 15 is 0 Å². The van der Waals surface area contributed by atoms with Crippen molar-refractivity contribution in [2.45, 2.75) is 18.9 Å². The fraction of sp³-hybridized carbons (Fsp3) is 0.647. The molecule has 7 nitrogen and oxygen atoms in total. The summed E-state index contributed by atoms with van der Waals surface area (Å²) in [5, 5.41) is 0. The second-order valence-corrected chi connectivity index (χ2v) is 9.10. The molecule has 2 fully saturated rings. The van der Waals surface area contributed by atoms with E-state index in [1.807, 2.05) is 35.2 Å². The monoisotopic (exact) mass is 366 g/mol. The molecular weight excluding hydrogens is 340 g/mol. The van der Waals surface area contributed by atoms with Gasteiger partial charge in [0.25, 0.3) is 0 Å². The van der Waals surface area contributed by atoms with Crippen LogP contribution in [0.3, 0.4) is 0 Å². The van der Waals surface area contributed by atoms with E-state index in [1.54, 1.807) is 6.20 Å². The number of hydrogen-bond donors (Lipinski definition) is 0. The molecule has 0 spiro atoms. The number of rotatable bonds is 5. The molecule has 3 rings (SSSR count). The average molecular weight is 366 g/mol. The van der Waals surface area contributed by atoms with Gasteiger partial charge in [0, 0.05) is 51.4 Å². The highest BCUT2D eigenvalue weighted by atomic mass is 32.2. The lowest BCUT2D eigenvalue weighted by molar-refractivity contribution is -0.131. The van der Waals surface area contributed by atoms with Crippen molar-refractivity contribution in [3.63, 3.8) is 0 Å². The summed E-state index contributed by atoms with van der Waals surface area (Å²) in [6.07, 6.45) is 4.73. The molecule has 0 radical (unpaired) electrons. The van der Waals surface area contributed by atoms with Gasteiger partial charge in [-0.15, -0.1) is 0 Å². The van der Waals surface area contributed by atoms with Gasteiger partial charge in [0.05, 0.1) is 23.4 Å². The first-order chi connectivity index (χ1) is 11.9. The second-order valence-electron chi connectivity index (χ2n) is 6.87. The molecule has 0 N–H and O–H groups in total. The first-order valence-electron chi connectivity index (χ1n) is 8.78. The third-order valence-electron chi connectivity index (χ3n) is 5.15. The van der Waals surface area contributed by atoms with Gasteiger partial charge < -0.3 is 14.7 Å². The summed E-state index contributed by atoms with van der Waals surface area (Å²) in [7, 11) is -0.964. The van der Waals surface area contributed by atoms with Crippen molar-refractivity contribution >= 4 is 21.4 Å². The van der Waals surface area contributed by atoms with Gasteiger partial charge in [-0.05, 0) is 25.6 Å². The minimum atomic E-state index is -2.88. The van der Waals surface area contributed by atoms with Crippen LogP contribution < -0.4 is 4.90 Å². The Morgan fingerprint density at radius 2 is 2.08 bits per heavy atom. The van der Waals surface area contributed by atoms with Crippen molar-refractivity contribution < 1.29 is 13.2 Å². The van der Waals surface area contributed by atoms with E-state index in [0.717, 1.165) is 31.9 Å². The Labute approximate surface area is 149 Å². The fourth-order valence-corrected chi connectivity index (χ4v) is 5.30. The Kier molecular flexibility index (Phi) is 5.58. The van der Waals surface area contributed by atoms with Gasteiger partial charge in [-0.25, -0.2) is 8.42 Å². The van der Waals surface area contributed by atoms with E-state index in [4.69, 9.17) is 0 Å². The Hall–Kier alpha value is -1.67. The standard InChI is InChI=1S/C17H26N4O3S/c1-19(16-5-12-25(23,24)14-16)7-4-17(22)21-10-8-20(9-11-21)15-3-2-6-18-13-15/h2-3,6,13,16H,4-5,7-12,14H2,1H3/t16-/m1/s1. The third-order valence-corrected chi connectivity index (χ3v) is 6.90. The molecule has 2 saturated heterocycles. The number of nitrogens with zero attached hydrogens (tertiary/aromatic N) is 4. The summed E-state index contributed by atoms with van der Waals surface area (Å²) in [5.41, 5.74) is 1.09. The van der Waals surface area contributed by atoms with Gasteiger partial charge in [0.1, 0.15) is 0 Å². The normalized spacial score (nSPS) is 23.2. The van der Waals surface area contributed by atoms with E-state index in [1.165, 1.54) is 0 Å². The molecule has 1 amide bonds. The number of sulfone groups is 1. The highest BCUT2D eigenvalue weighted by Gasteiger charge is 2.31. The van der Waals surface area contributed by atoms with Gasteiger partial charge in [-0.1, -0.05) is 0 Å². The minimum absolute atomic E-state index is 0.0558. The van der Waals surface area contributed by atoms with E-state index in [2.05, 4.69) is 9.88 Å². The molecule has 0 saturated carbocycles. The lowest BCUT2D eigenvalue weighted by Gasteiger charge is -2.36. The Morgan fingerprint density at radius 3 is 2.68 bits per heavy atom. The third kappa shape index (κ3) is 4.70. The number of pyridine rings is 1. The van der Waals surface area contributed by atoms with Gasteiger partial charge in [0.2, 0.25) is 5.91 Å². The van der Waals surface area contributed by atoms with Crippen LogP contribution in [0.5, 0.6) is 0 Å². The summed E-state index contributed by atoms with van der Waals surface area (Å²) >= 11 is 0. The van der Waals surface area contributed by atoms with Crippen molar-refractivity contribution in [3.8, 4) is 0 Å². The molecule has 138 valence electrons. The van der Waals surface area contributed by atoms with Crippen LogP contribution in [-0.4, -0.2) is 86.4 Å². The lowest BCUT2D eigenvalue weighted by atomic mass is 10.2. The van der Waals surface area contributed by atoms with Crippen LogP contribution in [0.4, 0.5) is 5.69 Å². The molecule has 1 atom stereocenters. The van der Waals surface area contributed by atoms with E-state index < -0.39 is 9.84 Å². The van der Waals surface area contributed by atoms with Crippen LogP contribution in [0.1, 0.15) is 12.8 Å². The number of carbonyl (C=O) groups excluding carboxylic acids is 1. The van der Waals surface area contributed by atoms with E-state index in [9.17, 15) is 13.2 Å². The smallest absolute Gasteiger partial charge is 0.223 e. The second kappa shape index (κ2) is 7.70. The topological polar surface area (TPSA) is 73.8 Å². The fourth-order valence-electron chi connectivity index (χ4n) is 3.49. The molecular formula is C17H26N4O3S. The number of aromatic nitrogens is 1. The summed E-state index contributed by atoms with van der Waals surface area (Å²) in [4.78, 5) is 22.8. The van der Waals surface area contributed by atoms with Crippen molar-refractivity contribution in [3.05, 3.63) is 24.5 Å². The highest BCUT2D eigenvalue weighted by molar-refractivity contribution is 7.91. The Morgan fingerprint density at radius 1 is 1.32 bits per heavy atom. The molecule has 1 aromatic heterocycles. The largest absolute Gasteiger partial charge is 0.367 e. The zero-order valence-electron chi connectivity index (χ0n) is 14.7. The van der Waals surface area contributed by atoms with Gasteiger partial charge in [-0.3, -0.25) is 9.78 Å². The maximum Gasteiger partial charge on any atom is 0.223 e. The van der Waals surface area contributed by atoms with Crippen molar-refractivity contribution in [2.24, 2.45) is 0 Å². The summed E-state index contributed by atoms with van der Waals surface area (Å²) in [6.45, 7) is 3.68. The van der Waals surface area contributed by atoms with Crippen molar-refractivity contribution in [2.75, 3.05) is 56.2 Å². The minimum Gasteiger partial charge on any atom is -0.367 e. The maximum atomic E-state index is 12.4. The number of piperazine rings is 1. The van der Waals surface area contributed by atoms with Gasteiger partial charge in [0.15, 0.2) is 9.84 Å². The number of hydrogen-bond acceptors (Lipinski definition) is 6. The molecule has 0 aliphatic carbocycles. The van der Waals surface area contributed by atoms with Crippen LogP contribution >= 0.6 is 0 Å². The zero-order chi connectivity index (χ0) is 17.9. The van der Waals surface area contributed by atoms with E-state index in [0.29, 0.717) is 19.4 Å². The molecule has 2 aliphatic heterocycles. The number of anilines is 1. The maximum absolute atomic E-state index is 12.4. The predicted octanol–water partition coefficient (Wildman–Crippen LogP) is 0.239. The molecule has 0 bridgehead atoms. The molecule has 25 heavy (non-hydrogen) atoms. The number of amides is 1. The Bertz CT molecular complexity index is 687. The summed E-state index contributed by atoms with van der Waals surface area (Å²) in [6, 6.07) is 4.02. The summed E-state index contributed by atoms with van der Waals surface area (Å²) < 4.78 is 23.1. The molecule has 3 heterocycles.